The van der Waals surface area contributed by atoms with Gasteiger partial charge in [0, 0.05) is 19.2 Å². The summed E-state index contributed by atoms with van der Waals surface area (Å²) in [6, 6.07) is 2.37. The van der Waals surface area contributed by atoms with E-state index >= 15 is 0 Å². The van der Waals surface area contributed by atoms with Crippen LogP contribution in [0.15, 0.2) is 23.1 Å². The second-order valence-corrected chi connectivity index (χ2v) is 8.83. The van der Waals surface area contributed by atoms with Gasteiger partial charge in [0.2, 0.25) is 10.0 Å². The molecule has 0 saturated carbocycles. The van der Waals surface area contributed by atoms with E-state index in [0.717, 1.165) is 6.07 Å². The van der Waals surface area contributed by atoms with Crippen molar-refractivity contribution in [2.24, 2.45) is 11.7 Å². The molecule has 1 fully saturated rings. The third-order valence-corrected chi connectivity index (χ3v) is 6.26. The van der Waals surface area contributed by atoms with Crippen molar-refractivity contribution in [1.29, 1.82) is 0 Å². The van der Waals surface area contributed by atoms with Crippen LogP contribution in [0.2, 0.25) is 0 Å². The number of anilines is 1. The summed E-state index contributed by atoms with van der Waals surface area (Å²) in [4.78, 5) is 33.7. The van der Waals surface area contributed by atoms with Crippen molar-refractivity contribution in [2.75, 3.05) is 38.2 Å². The summed E-state index contributed by atoms with van der Waals surface area (Å²) >= 11 is 0. The number of esters is 1. The molecular formula is C17H24N4O8S. The van der Waals surface area contributed by atoms with Gasteiger partial charge in [0.25, 0.3) is 11.6 Å². The molecule has 1 aliphatic rings. The molecule has 3 N–H and O–H groups in total. The zero-order chi connectivity index (χ0) is 22.5. The lowest BCUT2D eigenvalue weighted by Gasteiger charge is -2.26. The highest BCUT2D eigenvalue weighted by molar-refractivity contribution is 7.89. The standard InChI is InChI=1S/C17H24N4O8S/c1-11(2)16(17(23)29-10-15(18)22)19-13-4-3-12(9-14(13)21(24)25)30(26,27)20-5-7-28-8-6-20/h3-4,9,11,16,19H,5-8,10H2,1-2H3,(H2,18,22)/t16-/m1/s1. The van der Waals surface area contributed by atoms with Gasteiger partial charge in [-0.05, 0) is 18.1 Å². The highest BCUT2D eigenvalue weighted by Gasteiger charge is 2.31. The van der Waals surface area contributed by atoms with Crippen LogP contribution in [0.1, 0.15) is 13.8 Å². The Labute approximate surface area is 173 Å². The molecule has 0 spiro atoms. The molecule has 1 aromatic carbocycles. The third-order valence-electron chi connectivity index (χ3n) is 4.36. The summed E-state index contributed by atoms with van der Waals surface area (Å²) in [5.74, 6) is -2.01. The van der Waals surface area contributed by atoms with Crippen LogP contribution >= 0.6 is 0 Å². The van der Waals surface area contributed by atoms with Crippen LogP contribution in [0, 0.1) is 16.0 Å². The van der Waals surface area contributed by atoms with E-state index in [1.807, 2.05) is 0 Å². The molecule has 0 radical (unpaired) electrons. The summed E-state index contributed by atoms with van der Waals surface area (Å²) in [5, 5.41) is 14.3. The maximum Gasteiger partial charge on any atom is 0.329 e. The molecule has 1 atom stereocenters. The normalized spacial score (nSPS) is 16.1. The van der Waals surface area contributed by atoms with E-state index in [4.69, 9.17) is 15.2 Å². The maximum atomic E-state index is 12.8. The Kier molecular flexibility index (Phi) is 7.70. The lowest BCUT2D eigenvalue weighted by molar-refractivity contribution is -0.384. The van der Waals surface area contributed by atoms with E-state index in [1.165, 1.54) is 16.4 Å². The van der Waals surface area contributed by atoms with E-state index in [9.17, 15) is 28.1 Å². The largest absolute Gasteiger partial charge is 0.454 e. The summed E-state index contributed by atoms with van der Waals surface area (Å²) in [5.41, 5.74) is 4.38. The van der Waals surface area contributed by atoms with E-state index < -0.39 is 45.2 Å². The average Bonchev–Trinajstić information content (AvgIpc) is 2.70. The number of rotatable bonds is 9. The fraction of sp³-hybridized carbons (Fsp3) is 0.529. The summed E-state index contributed by atoms with van der Waals surface area (Å²) < 4.78 is 36.7. The number of nitro benzene ring substituents is 1. The van der Waals surface area contributed by atoms with Crippen LogP contribution in [-0.4, -0.2) is 68.5 Å². The number of nitrogens with two attached hydrogens (primary N) is 1. The lowest BCUT2D eigenvalue weighted by atomic mass is 10.0. The zero-order valence-electron chi connectivity index (χ0n) is 16.6. The van der Waals surface area contributed by atoms with Gasteiger partial charge in [-0.25, -0.2) is 13.2 Å². The van der Waals surface area contributed by atoms with Crippen molar-refractivity contribution in [3.05, 3.63) is 28.3 Å². The Bertz CT molecular complexity index is 912. The maximum absolute atomic E-state index is 12.8. The number of ether oxygens (including phenoxy) is 2. The Balaban J connectivity index is 2.33. The van der Waals surface area contributed by atoms with Crippen molar-refractivity contribution >= 4 is 33.3 Å². The number of primary amides is 1. The Morgan fingerprint density at radius 2 is 1.97 bits per heavy atom. The smallest absolute Gasteiger partial charge is 0.329 e. The number of nitrogens with zero attached hydrogens (tertiary/aromatic N) is 2. The molecule has 12 nitrogen and oxygen atoms in total. The van der Waals surface area contributed by atoms with Gasteiger partial charge in [0.05, 0.1) is 23.0 Å². The van der Waals surface area contributed by atoms with Crippen LogP contribution < -0.4 is 11.1 Å². The predicted molar refractivity (Wildman–Crippen MR) is 105 cm³/mol. The molecule has 0 aromatic heterocycles. The molecule has 166 valence electrons. The van der Waals surface area contributed by atoms with Gasteiger partial charge in [-0.1, -0.05) is 13.8 Å². The van der Waals surface area contributed by atoms with Crippen LogP contribution in [0.5, 0.6) is 0 Å². The molecule has 0 bridgehead atoms. The van der Waals surface area contributed by atoms with Gasteiger partial charge in [0.15, 0.2) is 6.61 Å². The van der Waals surface area contributed by atoms with Gasteiger partial charge in [-0.2, -0.15) is 4.31 Å². The van der Waals surface area contributed by atoms with E-state index in [-0.39, 0.29) is 42.8 Å². The SMILES string of the molecule is CC(C)[C@@H](Nc1ccc(S(=O)(=O)N2CCOCC2)cc1[N+](=O)[O-])C(=O)OCC(N)=O. The molecule has 1 aliphatic heterocycles. The minimum absolute atomic E-state index is 0.0596. The Hall–Kier alpha value is -2.77. The fourth-order valence-electron chi connectivity index (χ4n) is 2.78. The highest BCUT2D eigenvalue weighted by Crippen LogP contribution is 2.30. The zero-order valence-corrected chi connectivity index (χ0v) is 17.4. The highest BCUT2D eigenvalue weighted by atomic mass is 32.2. The van der Waals surface area contributed by atoms with Crippen LogP contribution in [0.25, 0.3) is 0 Å². The molecule has 13 heteroatoms. The number of carbonyl (C=O) groups is 2. The van der Waals surface area contributed by atoms with Crippen molar-refractivity contribution in [3.8, 4) is 0 Å². The monoisotopic (exact) mass is 444 g/mol. The van der Waals surface area contributed by atoms with Crippen molar-refractivity contribution in [2.45, 2.75) is 24.8 Å². The number of hydrogen-bond acceptors (Lipinski definition) is 9. The van der Waals surface area contributed by atoms with Crippen LogP contribution in [0.4, 0.5) is 11.4 Å². The van der Waals surface area contributed by atoms with Gasteiger partial charge in [0.1, 0.15) is 11.7 Å². The minimum atomic E-state index is -3.94. The van der Waals surface area contributed by atoms with Crippen molar-refractivity contribution in [3.63, 3.8) is 0 Å². The van der Waals surface area contributed by atoms with Gasteiger partial charge in [-0.15, -0.1) is 0 Å². The van der Waals surface area contributed by atoms with Crippen molar-refractivity contribution < 1.29 is 32.4 Å². The van der Waals surface area contributed by atoms with Crippen LogP contribution in [-0.2, 0) is 29.1 Å². The number of sulfonamides is 1. The molecular weight excluding hydrogens is 420 g/mol. The first-order valence-electron chi connectivity index (χ1n) is 9.12. The topological polar surface area (TPSA) is 171 Å². The predicted octanol–water partition coefficient (Wildman–Crippen LogP) is 0.0807. The first kappa shape index (κ1) is 23.5. The molecule has 1 aromatic rings. The molecule has 30 heavy (non-hydrogen) atoms. The summed E-state index contributed by atoms with van der Waals surface area (Å²) in [6.07, 6.45) is 0. The van der Waals surface area contributed by atoms with Crippen molar-refractivity contribution in [1.82, 2.24) is 4.31 Å². The third kappa shape index (κ3) is 5.64. The average molecular weight is 444 g/mol. The van der Waals surface area contributed by atoms with Gasteiger partial charge < -0.3 is 20.5 Å². The number of nitro groups is 1. The lowest BCUT2D eigenvalue weighted by Crippen LogP contribution is -2.40. The van der Waals surface area contributed by atoms with Gasteiger partial charge in [-0.3, -0.25) is 14.9 Å². The van der Waals surface area contributed by atoms with E-state index in [2.05, 4.69) is 5.32 Å². The quantitative estimate of drug-likeness (QED) is 0.304. The first-order chi connectivity index (χ1) is 14.0. The minimum Gasteiger partial charge on any atom is -0.454 e. The van der Waals surface area contributed by atoms with Gasteiger partial charge >= 0.3 is 5.97 Å². The molecule has 0 aliphatic carbocycles. The number of benzene rings is 1. The number of carbonyl (C=O) groups excluding carboxylic acids is 2. The number of morpholine rings is 1. The molecule has 2 rings (SSSR count). The summed E-state index contributed by atoms with van der Waals surface area (Å²) in [6.45, 7) is 3.50. The van der Waals surface area contributed by atoms with E-state index in [1.54, 1.807) is 13.8 Å². The first-order valence-corrected chi connectivity index (χ1v) is 10.6. The van der Waals surface area contributed by atoms with E-state index in [0.29, 0.717) is 0 Å². The molecule has 0 unspecified atom stereocenters. The molecule has 1 saturated heterocycles. The molecule has 1 amide bonds. The second-order valence-electron chi connectivity index (χ2n) is 6.89. The van der Waals surface area contributed by atoms with Crippen LogP contribution in [0.3, 0.4) is 0 Å². The number of amides is 1. The number of nitrogens with one attached hydrogen (secondary N) is 1. The fourth-order valence-corrected chi connectivity index (χ4v) is 4.21. The Morgan fingerprint density at radius 3 is 2.50 bits per heavy atom. The summed E-state index contributed by atoms with van der Waals surface area (Å²) in [7, 11) is -3.94. The Morgan fingerprint density at radius 1 is 1.33 bits per heavy atom. The molecule has 1 heterocycles. The number of hydrogen-bond donors (Lipinski definition) is 2. The second kappa shape index (κ2) is 9.82.